The van der Waals surface area contributed by atoms with Crippen molar-refractivity contribution in [1.82, 2.24) is 19.1 Å². The van der Waals surface area contributed by atoms with Gasteiger partial charge in [0.1, 0.15) is 29.2 Å². The van der Waals surface area contributed by atoms with Crippen molar-refractivity contribution in [2.45, 2.75) is 62.1 Å². The molecule has 37 heavy (non-hydrogen) atoms. The number of aliphatic hydroxyl groups excluding tert-OH is 4. The number of halogens is 3. The van der Waals surface area contributed by atoms with Gasteiger partial charge < -0.3 is 41.4 Å². The number of anilines is 2. The van der Waals surface area contributed by atoms with Crippen LogP contribution in [0, 0.1) is 5.82 Å². The molecule has 0 saturated carbocycles. The first-order valence-electron chi connectivity index (χ1n) is 10.8. The smallest absolute Gasteiger partial charge is 0.351 e. The minimum atomic E-state index is -2.01. The molecule has 0 aromatic carbocycles. The summed E-state index contributed by atoms with van der Waals surface area (Å²) in [6, 6.07) is 1.32. The van der Waals surface area contributed by atoms with Crippen LogP contribution in [0.2, 0.25) is 0 Å². The van der Waals surface area contributed by atoms with E-state index in [0.29, 0.717) is 10.8 Å². The van der Waals surface area contributed by atoms with Gasteiger partial charge in [0, 0.05) is 6.20 Å². The first kappa shape index (κ1) is 28.5. The number of aromatic nitrogens is 4. The van der Waals surface area contributed by atoms with Crippen molar-refractivity contribution in [3.63, 3.8) is 0 Å². The topological polar surface area (TPSA) is 221 Å². The molecule has 2 aromatic rings. The van der Waals surface area contributed by atoms with Gasteiger partial charge in [-0.2, -0.15) is 9.97 Å². The van der Waals surface area contributed by atoms with E-state index in [1.807, 2.05) is 0 Å². The van der Waals surface area contributed by atoms with Gasteiger partial charge in [0.05, 0.1) is 19.4 Å². The Morgan fingerprint density at radius 3 is 1.84 bits per heavy atom. The van der Waals surface area contributed by atoms with Gasteiger partial charge in [-0.3, -0.25) is 9.13 Å². The molecule has 8 unspecified atom stereocenters. The standard InChI is InChI=1S/C10H13F2N3O4.C10H14FN3O4/c1-10(3-16)6(17)5(12)8(19-10)15-2-4(11)7(13)14-9(15)18;1-10(4-15)7(16)6(11)8(18-10)14-3-2-5(12)13-9(14)17/h2,5-6,8,16-17H,3H2,1H3,(H2,13,14,18);2-3,6-8,15-16H,4H2,1H3,(H2,12,13,17). The van der Waals surface area contributed by atoms with E-state index in [-0.39, 0.29) is 5.82 Å². The summed E-state index contributed by atoms with van der Waals surface area (Å²) in [5.74, 6) is -1.61. The van der Waals surface area contributed by atoms with E-state index in [0.717, 1.165) is 4.57 Å². The summed E-state index contributed by atoms with van der Waals surface area (Å²) >= 11 is 0. The Morgan fingerprint density at radius 1 is 0.946 bits per heavy atom. The summed E-state index contributed by atoms with van der Waals surface area (Å²) in [5.41, 5.74) is 5.60. The monoisotopic (exact) mass is 536 g/mol. The van der Waals surface area contributed by atoms with E-state index < -0.39 is 84.4 Å². The van der Waals surface area contributed by atoms with E-state index in [4.69, 9.17) is 31.2 Å². The lowest BCUT2D eigenvalue weighted by atomic mass is 9.99. The number of rotatable bonds is 4. The average Bonchev–Trinajstić information content (AvgIpc) is 3.22. The SMILES string of the molecule is CC1(CO)OC(n2cc(F)c(N)nc2=O)C(F)C1O.CC1(CO)OC(n2ccc(N)nc2=O)C(F)C1O. The summed E-state index contributed by atoms with van der Waals surface area (Å²) < 4.78 is 52.9. The Kier molecular flexibility index (Phi) is 7.96. The van der Waals surface area contributed by atoms with Gasteiger partial charge in [0.15, 0.2) is 36.4 Å². The Balaban J connectivity index is 0.000000206. The maximum Gasteiger partial charge on any atom is 0.351 e. The third-order valence-corrected chi connectivity index (χ3v) is 6.14. The number of alkyl halides is 2. The molecule has 8 N–H and O–H groups in total. The van der Waals surface area contributed by atoms with Gasteiger partial charge in [-0.15, -0.1) is 0 Å². The third-order valence-electron chi connectivity index (χ3n) is 6.14. The third kappa shape index (κ3) is 5.18. The molecule has 2 aromatic heterocycles. The minimum Gasteiger partial charge on any atom is -0.393 e. The van der Waals surface area contributed by atoms with Crippen LogP contribution in [0.5, 0.6) is 0 Å². The molecule has 4 rings (SSSR count). The summed E-state index contributed by atoms with van der Waals surface area (Å²) in [7, 11) is 0. The summed E-state index contributed by atoms with van der Waals surface area (Å²) in [6.07, 6.45) is -8.08. The predicted molar refractivity (Wildman–Crippen MR) is 119 cm³/mol. The lowest BCUT2D eigenvalue weighted by molar-refractivity contribution is -0.117. The van der Waals surface area contributed by atoms with Crippen molar-refractivity contribution >= 4 is 11.6 Å². The molecule has 2 aliphatic rings. The Morgan fingerprint density at radius 2 is 1.41 bits per heavy atom. The van der Waals surface area contributed by atoms with Crippen LogP contribution in [0.15, 0.2) is 28.0 Å². The molecule has 4 heterocycles. The zero-order chi connectivity index (χ0) is 27.9. The van der Waals surface area contributed by atoms with Crippen molar-refractivity contribution in [3.8, 4) is 0 Å². The van der Waals surface area contributed by atoms with E-state index in [9.17, 15) is 33.0 Å². The molecule has 0 amide bonds. The highest BCUT2D eigenvalue weighted by Gasteiger charge is 2.54. The Labute approximate surface area is 206 Å². The number of hydrogen-bond acceptors (Lipinski definition) is 12. The van der Waals surface area contributed by atoms with Gasteiger partial charge in [0.25, 0.3) is 0 Å². The highest BCUT2D eigenvalue weighted by molar-refractivity contribution is 5.26. The van der Waals surface area contributed by atoms with Crippen LogP contribution < -0.4 is 22.8 Å². The number of aliphatic hydroxyl groups is 4. The summed E-state index contributed by atoms with van der Waals surface area (Å²) in [4.78, 5) is 29.7. The molecule has 2 saturated heterocycles. The number of nitrogens with two attached hydrogens (primary N) is 2. The molecule has 2 fully saturated rings. The molecular weight excluding hydrogens is 509 g/mol. The first-order chi connectivity index (χ1) is 17.2. The lowest BCUT2D eigenvalue weighted by Crippen LogP contribution is -2.42. The first-order valence-corrected chi connectivity index (χ1v) is 10.8. The zero-order valence-corrected chi connectivity index (χ0v) is 19.6. The lowest BCUT2D eigenvalue weighted by Gasteiger charge is -2.24. The van der Waals surface area contributed by atoms with Crippen LogP contribution in [-0.4, -0.2) is 88.5 Å². The number of hydrogen-bond donors (Lipinski definition) is 6. The molecule has 14 nitrogen and oxygen atoms in total. The Hall–Kier alpha value is -3.09. The molecule has 8 atom stereocenters. The van der Waals surface area contributed by atoms with Gasteiger partial charge in [-0.25, -0.2) is 22.8 Å². The second kappa shape index (κ2) is 10.3. The minimum absolute atomic E-state index is 0.00937. The van der Waals surface area contributed by atoms with Gasteiger partial charge in [-0.05, 0) is 19.9 Å². The summed E-state index contributed by atoms with van der Waals surface area (Å²) in [6.45, 7) is 1.41. The van der Waals surface area contributed by atoms with Crippen molar-refractivity contribution in [1.29, 1.82) is 0 Å². The van der Waals surface area contributed by atoms with E-state index in [1.165, 1.54) is 26.1 Å². The molecule has 0 aliphatic carbocycles. The van der Waals surface area contributed by atoms with Crippen molar-refractivity contribution in [2.75, 3.05) is 24.7 Å². The molecule has 2 aliphatic heterocycles. The maximum absolute atomic E-state index is 13.9. The number of nitrogens with zero attached hydrogens (tertiary/aromatic N) is 4. The quantitative estimate of drug-likeness (QED) is 0.244. The van der Waals surface area contributed by atoms with Crippen molar-refractivity contribution < 1.29 is 43.1 Å². The van der Waals surface area contributed by atoms with E-state index in [2.05, 4.69) is 9.97 Å². The normalized spacial score (nSPS) is 35.3. The number of ether oxygens (including phenoxy) is 2. The van der Waals surface area contributed by atoms with E-state index >= 15 is 0 Å². The summed E-state index contributed by atoms with van der Waals surface area (Å²) in [5, 5.41) is 37.5. The molecule has 0 radical (unpaired) electrons. The van der Waals surface area contributed by atoms with Crippen LogP contribution in [-0.2, 0) is 9.47 Å². The fourth-order valence-electron chi connectivity index (χ4n) is 3.75. The zero-order valence-electron chi connectivity index (χ0n) is 19.6. The second-order valence-corrected chi connectivity index (χ2v) is 8.94. The van der Waals surface area contributed by atoms with Crippen LogP contribution in [0.25, 0.3) is 0 Å². The van der Waals surface area contributed by atoms with E-state index in [1.54, 1.807) is 0 Å². The molecule has 0 bridgehead atoms. The maximum atomic E-state index is 13.9. The molecule has 206 valence electrons. The van der Waals surface area contributed by atoms with Crippen molar-refractivity contribution in [2.24, 2.45) is 0 Å². The largest absolute Gasteiger partial charge is 0.393 e. The predicted octanol–water partition coefficient (Wildman–Crippen LogP) is -2.25. The molecule has 17 heteroatoms. The average molecular weight is 536 g/mol. The van der Waals surface area contributed by atoms with Crippen LogP contribution in [0.4, 0.5) is 24.8 Å². The van der Waals surface area contributed by atoms with Gasteiger partial charge >= 0.3 is 11.4 Å². The molecule has 0 spiro atoms. The highest BCUT2D eigenvalue weighted by atomic mass is 19.1. The molecular formula is C20H27F3N6O8. The second-order valence-electron chi connectivity index (χ2n) is 8.94. The fourth-order valence-corrected chi connectivity index (χ4v) is 3.75. The van der Waals surface area contributed by atoms with Crippen LogP contribution >= 0.6 is 0 Å². The Bertz CT molecular complexity index is 1250. The van der Waals surface area contributed by atoms with Crippen LogP contribution in [0.1, 0.15) is 26.3 Å². The van der Waals surface area contributed by atoms with Gasteiger partial charge in [-0.1, -0.05) is 0 Å². The fraction of sp³-hybridized carbons (Fsp3) is 0.600. The highest BCUT2D eigenvalue weighted by Crippen LogP contribution is 2.39. The van der Waals surface area contributed by atoms with Crippen molar-refractivity contribution in [3.05, 3.63) is 45.2 Å². The number of nitrogen functional groups attached to an aromatic ring is 2. The van der Waals surface area contributed by atoms with Crippen LogP contribution in [0.3, 0.4) is 0 Å². The van der Waals surface area contributed by atoms with Gasteiger partial charge in [0.2, 0.25) is 0 Å².